The monoisotopic (exact) mass is 261 g/mol. The van der Waals surface area contributed by atoms with Gasteiger partial charge in [-0.05, 0) is 25.3 Å². The van der Waals surface area contributed by atoms with Crippen molar-refractivity contribution in [1.82, 2.24) is 5.32 Å². The van der Waals surface area contributed by atoms with E-state index in [1.54, 1.807) is 0 Å². The van der Waals surface area contributed by atoms with E-state index in [9.17, 15) is 4.79 Å². The van der Waals surface area contributed by atoms with E-state index in [0.29, 0.717) is 13.2 Å². The minimum Gasteiger partial charge on any atom is -0.465 e. The number of hydrogen-bond donors (Lipinski definition) is 1. The molecule has 0 amide bonds. The van der Waals surface area contributed by atoms with Crippen molar-refractivity contribution in [2.75, 3.05) is 13.2 Å². The van der Waals surface area contributed by atoms with Gasteiger partial charge in [0.2, 0.25) is 0 Å². The van der Waals surface area contributed by atoms with Gasteiger partial charge in [-0.1, -0.05) is 49.6 Å². The lowest BCUT2D eigenvalue weighted by atomic mass is 9.76. The molecule has 1 saturated carbocycles. The van der Waals surface area contributed by atoms with Crippen molar-refractivity contribution in [1.29, 1.82) is 0 Å². The number of esters is 1. The largest absolute Gasteiger partial charge is 0.465 e. The average molecular weight is 261 g/mol. The predicted molar refractivity (Wildman–Crippen MR) is 75.8 cm³/mol. The second-order valence-electron chi connectivity index (χ2n) is 5.17. The van der Waals surface area contributed by atoms with Gasteiger partial charge in [0.05, 0.1) is 13.2 Å². The van der Waals surface area contributed by atoms with Gasteiger partial charge < -0.3 is 4.74 Å². The van der Waals surface area contributed by atoms with Crippen molar-refractivity contribution >= 4 is 5.97 Å². The van der Waals surface area contributed by atoms with Crippen LogP contribution in [0.15, 0.2) is 30.3 Å². The van der Waals surface area contributed by atoms with Crippen LogP contribution in [0.25, 0.3) is 0 Å². The van der Waals surface area contributed by atoms with E-state index in [1.807, 2.05) is 13.0 Å². The summed E-state index contributed by atoms with van der Waals surface area (Å²) in [4.78, 5) is 11.6. The minimum atomic E-state index is -0.164. The van der Waals surface area contributed by atoms with Crippen molar-refractivity contribution in [3.63, 3.8) is 0 Å². The van der Waals surface area contributed by atoms with Crippen LogP contribution in [0.5, 0.6) is 0 Å². The van der Waals surface area contributed by atoms with Crippen LogP contribution in [0.2, 0.25) is 0 Å². The smallest absolute Gasteiger partial charge is 0.319 e. The molecule has 0 atom stereocenters. The third-order valence-electron chi connectivity index (χ3n) is 3.91. The van der Waals surface area contributed by atoms with Crippen LogP contribution in [-0.4, -0.2) is 19.1 Å². The fraction of sp³-hybridized carbons (Fsp3) is 0.562. The zero-order valence-electron chi connectivity index (χ0n) is 11.7. The van der Waals surface area contributed by atoms with E-state index in [-0.39, 0.29) is 11.5 Å². The summed E-state index contributed by atoms with van der Waals surface area (Å²) < 4.78 is 5.01. The Kier molecular flexibility index (Phi) is 4.97. The highest BCUT2D eigenvalue weighted by Gasteiger charge is 2.33. The third-order valence-corrected chi connectivity index (χ3v) is 3.91. The van der Waals surface area contributed by atoms with Crippen LogP contribution in [0.3, 0.4) is 0 Å². The Bertz CT molecular complexity index is 396. The lowest BCUT2D eigenvalue weighted by molar-refractivity contribution is -0.142. The summed E-state index contributed by atoms with van der Waals surface area (Å²) in [7, 11) is 0. The van der Waals surface area contributed by atoms with E-state index in [4.69, 9.17) is 4.74 Å². The number of rotatable bonds is 5. The lowest BCUT2D eigenvalue weighted by Gasteiger charge is -2.38. The summed E-state index contributed by atoms with van der Waals surface area (Å²) in [6.07, 6.45) is 5.90. The normalized spacial score (nSPS) is 17.9. The molecule has 0 bridgehead atoms. The summed E-state index contributed by atoms with van der Waals surface area (Å²) in [6.45, 7) is 2.58. The molecule has 1 aliphatic rings. The molecular formula is C16H23NO2. The average Bonchev–Trinajstić information content (AvgIpc) is 2.47. The molecule has 19 heavy (non-hydrogen) atoms. The fourth-order valence-electron chi connectivity index (χ4n) is 2.93. The molecular weight excluding hydrogens is 238 g/mol. The Morgan fingerprint density at radius 3 is 2.53 bits per heavy atom. The third kappa shape index (κ3) is 3.57. The summed E-state index contributed by atoms with van der Waals surface area (Å²) in [5, 5.41) is 3.46. The first-order chi connectivity index (χ1) is 9.27. The molecule has 1 fully saturated rings. The number of hydrogen-bond acceptors (Lipinski definition) is 3. The highest BCUT2D eigenvalue weighted by atomic mass is 16.5. The van der Waals surface area contributed by atoms with Gasteiger partial charge in [0.25, 0.3) is 0 Å². The SMILES string of the molecule is CCOC(=O)CNC1(c2ccccc2)CCCCC1. The first-order valence-corrected chi connectivity index (χ1v) is 7.23. The molecule has 0 aliphatic heterocycles. The van der Waals surface area contributed by atoms with Crippen LogP contribution in [0, 0.1) is 0 Å². The van der Waals surface area contributed by atoms with Crippen molar-refractivity contribution in [3.8, 4) is 0 Å². The Labute approximate surface area is 115 Å². The van der Waals surface area contributed by atoms with E-state index in [1.165, 1.54) is 24.8 Å². The minimum absolute atomic E-state index is 0.0493. The Morgan fingerprint density at radius 1 is 1.21 bits per heavy atom. The highest BCUT2D eigenvalue weighted by Crippen LogP contribution is 2.36. The van der Waals surface area contributed by atoms with E-state index in [2.05, 4.69) is 29.6 Å². The molecule has 0 aromatic heterocycles. The van der Waals surface area contributed by atoms with Crippen molar-refractivity contribution in [2.24, 2.45) is 0 Å². The molecule has 0 spiro atoms. The standard InChI is InChI=1S/C16H23NO2/c1-2-19-15(18)13-17-16(11-7-4-8-12-16)14-9-5-3-6-10-14/h3,5-6,9-10,17H,2,4,7-8,11-13H2,1H3. The van der Waals surface area contributed by atoms with Gasteiger partial charge in [-0.25, -0.2) is 0 Å². The van der Waals surface area contributed by atoms with Crippen molar-refractivity contribution in [2.45, 2.75) is 44.6 Å². The molecule has 1 aromatic carbocycles. The quantitative estimate of drug-likeness (QED) is 0.828. The second kappa shape index (κ2) is 6.71. The van der Waals surface area contributed by atoms with Gasteiger partial charge in [-0.15, -0.1) is 0 Å². The number of carbonyl (C=O) groups excluding carboxylic acids is 1. The van der Waals surface area contributed by atoms with E-state index in [0.717, 1.165) is 12.8 Å². The van der Waals surface area contributed by atoms with Gasteiger partial charge in [0.15, 0.2) is 0 Å². The lowest BCUT2D eigenvalue weighted by Crippen LogP contribution is -2.46. The molecule has 3 heteroatoms. The van der Waals surface area contributed by atoms with Crippen LogP contribution >= 0.6 is 0 Å². The Morgan fingerprint density at radius 2 is 1.89 bits per heavy atom. The van der Waals surface area contributed by atoms with Gasteiger partial charge >= 0.3 is 5.97 Å². The van der Waals surface area contributed by atoms with Crippen molar-refractivity contribution in [3.05, 3.63) is 35.9 Å². The maximum absolute atomic E-state index is 11.6. The summed E-state index contributed by atoms with van der Waals surface area (Å²) >= 11 is 0. The Hall–Kier alpha value is -1.35. The molecule has 2 rings (SSSR count). The maximum atomic E-state index is 11.6. The summed E-state index contributed by atoms with van der Waals surface area (Å²) in [5.74, 6) is -0.164. The summed E-state index contributed by atoms with van der Waals surface area (Å²) in [6, 6.07) is 10.5. The maximum Gasteiger partial charge on any atom is 0.319 e. The van der Waals surface area contributed by atoms with Crippen LogP contribution in [0.1, 0.15) is 44.6 Å². The van der Waals surface area contributed by atoms with Crippen LogP contribution in [-0.2, 0) is 15.1 Å². The molecule has 1 aromatic rings. The van der Waals surface area contributed by atoms with Gasteiger partial charge in [-0.2, -0.15) is 0 Å². The molecule has 0 unspecified atom stereocenters. The first-order valence-electron chi connectivity index (χ1n) is 7.23. The van der Waals surface area contributed by atoms with E-state index >= 15 is 0 Å². The van der Waals surface area contributed by atoms with Gasteiger partial charge in [0.1, 0.15) is 0 Å². The Balaban J connectivity index is 2.09. The molecule has 3 nitrogen and oxygen atoms in total. The van der Waals surface area contributed by atoms with Crippen LogP contribution in [0.4, 0.5) is 0 Å². The number of benzene rings is 1. The fourth-order valence-corrected chi connectivity index (χ4v) is 2.93. The van der Waals surface area contributed by atoms with Crippen molar-refractivity contribution < 1.29 is 9.53 Å². The topological polar surface area (TPSA) is 38.3 Å². The second-order valence-corrected chi connectivity index (χ2v) is 5.17. The molecule has 0 saturated heterocycles. The highest BCUT2D eigenvalue weighted by molar-refractivity contribution is 5.71. The van der Waals surface area contributed by atoms with Crippen LogP contribution < -0.4 is 5.32 Å². The molecule has 104 valence electrons. The summed E-state index contributed by atoms with van der Waals surface area (Å²) in [5.41, 5.74) is 1.24. The molecule has 0 heterocycles. The molecule has 0 radical (unpaired) electrons. The first kappa shape index (κ1) is 14.1. The zero-order valence-corrected chi connectivity index (χ0v) is 11.7. The molecule has 1 aliphatic carbocycles. The molecule has 1 N–H and O–H groups in total. The number of ether oxygens (including phenoxy) is 1. The van der Waals surface area contributed by atoms with E-state index < -0.39 is 0 Å². The van der Waals surface area contributed by atoms with Gasteiger partial charge in [-0.3, -0.25) is 10.1 Å². The number of nitrogens with one attached hydrogen (secondary N) is 1. The zero-order chi connectivity index (χ0) is 13.6. The van der Waals surface area contributed by atoms with Gasteiger partial charge in [0, 0.05) is 5.54 Å². The number of carbonyl (C=O) groups is 1. The predicted octanol–water partition coefficient (Wildman–Crippen LogP) is 3.00.